The van der Waals surface area contributed by atoms with Crippen LogP contribution in [0.25, 0.3) is 11.2 Å². The standard InChI is InChI=1S/C8H11N5O3.C2H6O/c9-8-11-6-5(7(15)12-8)10-3-13(6)4-16-2-1-14;1-2-3/h3,14H,1-2,4H2,(H3,9,11,12,15);3H,2H2,1H3. The number of anilines is 1. The first-order chi connectivity index (χ1) is 9.13. The van der Waals surface area contributed by atoms with Crippen molar-refractivity contribution in [2.75, 3.05) is 25.6 Å². The molecule has 0 amide bonds. The van der Waals surface area contributed by atoms with Gasteiger partial charge < -0.3 is 20.7 Å². The summed E-state index contributed by atoms with van der Waals surface area (Å²) in [5.41, 5.74) is 5.60. The monoisotopic (exact) mass is 271 g/mol. The van der Waals surface area contributed by atoms with E-state index in [1.807, 2.05) is 0 Å². The van der Waals surface area contributed by atoms with Gasteiger partial charge in [-0.15, -0.1) is 0 Å². The smallest absolute Gasteiger partial charge is 0.280 e. The van der Waals surface area contributed by atoms with Crippen LogP contribution in [0.3, 0.4) is 0 Å². The maximum absolute atomic E-state index is 11.4. The van der Waals surface area contributed by atoms with Gasteiger partial charge in [0.25, 0.3) is 5.56 Å². The Hall–Kier alpha value is -1.97. The highest BCUT2D eigenvalue weighted by molar-refractivity contribution is 5.70. The van der Waals surface area contributed by atoms with Crippen LogP contribution >= 0.6 is 0 Å². The third-order valence-corrected chi connectivity index (χ3v) is 1.96. The van der Waals surface area contributed by atoms with Crippen LogP contribution in [0.2, 0.25) is 0 Å². The van der Waals surface area contributed by atoms with E-state index >= 15 is 0 Å². The van der Waals surface area contributed by atoms with Crippen molar-refractivity contribution in [1.29, 1.82) is 0 Å². The van der Waals surface area contributed by atoms with Crippen LogP contribution in [-0.2, 0) is 11.5 Å². The minimum absolute atomic E-state index is 0.0291. The minimum atomic E-state index is -0.386. The second-order valence-corrected chi connectivity index (χ2v) is 3.41. The molecule has 0 aliphatic heterocycles. The van der Waals surface area contributed by atoms with Crippen LogP contribution in [0, 0.1) is 0 Å². The van der Waals surface area contributed by atoms with E-state index in [4.69, 9.17) is 20.7 Å². The van der Waals surface area contributed by atoms with Crippen molar-refractivity contribution in [2.45, 2.75) is 13.7 Å². The molecular formula is C10H17N5O4. The quantitative estimate of drug-likeness (QED) is 0.505. The lowest BCUT2D eigenvalue weighted by atomic mass is 10.5. The lowest BCUT2D eigenvalue weighted by Gasteiger charge is -2.03. The zero-order valence-electron chi connectivity index (χ0n) is 10.5. The summed E-state index contributed by atoms with van der Waals surface area (Å²) in [6.45, 7) is 2.23. The van der Waals surface area contributed by atoms with E-state index in [0.29, 0.717) is 5.65 Å². The van der Waals surface area contributed by atoms with E-state index in [1.54, 1.807) is 6.92 Å². The number of aromatic amines is 1. The fourth-order valence-electron chi connectivity index (χ4n) is 1.29. The first kappa shape index (κ1) is 15.1. The molecule has 19 heavy (non-hydrogen) atoms. The molecule has 2 rings (SSSR count). The van der Waals surface area contributed by atoms with Gasteiger partial charge >= 0.3 is 0 Å². The summed E-state index contributed by atoms with van der Waals surface area (Å²) >= 11 is 0. The maximum atomic E-state index is 11.4. The summed E-state index contributed by atoms with van der Waals surface area (Å²) in [7, 11) is 0. The molecule has 0 bridgehead atoms. The average Bonchev–Trinajstić information content (AvgIpc) is 2.74. The topological polar surface area (TPSA) is 139 Å². The Morgan fingerprint density at radius 3 is 2.84 bits per heavy atom. The van der Waals surface area contributed by atoms with E-state index < -0.39 is 0 Å². The Balaban J connectivity index is 0.000000550. The summed E-state index contributed by atoms with van der Waals surface area (Å²) in [6, 6.07) is 0. The Morgan fingerprint density at radius 2 is 2.21 bits per heavy atom. The van der Waals surface area contributed by atoms with E-state index in [1.165, 1.54) is 10.9 Å². The number of aromatic nitrogens is 4. The molecule has 2 aromatic heterocycles. The number of rotatable bonds is 4. The van der Waals surface area contributed by atoms with E-state index in [2.05, 4.69) is 15.0 Å². The van der Waals surface area contributed by atoms with Crippen molar-refractivity contribution in [1.82, 2.24) is 19.5 Å². The van der Waals surface area contributed by atoms with Crippen LogP contribution in [0.4, 0.5) is 5.95 Å². The molecule has 0 aliphatic rings. The Labute approximate surface area is 108 Å². The fourth-order valence-corrected chi connectivity index (χ4v) is 1.29. The molecule has 0 fully saturated rings. The third-order valence-electron chi connectivity index (χ3n) is 1.96. The highest BCUT2D eigenvalue weighted by atomic mass is 16.5. The van der Waals surface area contributed by atoms with Gasteiger partial charge in [0.15, 0.2) is 11.2 Å². The van der Waals surface area contributed by atoms with Gasteiger partial charge in [-0.05, 0) is 6.92 Å². The van der Waals surface area contributed by atoms with Gasteiger partial charge in [0.05, 0.1) is 19.5 Å². The van der Waals surface area contributed by atoms with Gasteiger partial charge in [0.2, 0.25) is 5.95 Å². The van der Waals surface area contributed by atoms with Crippen molar-refractivity contribution in [3.63, 3.8) is 0 Å². The number of fused-ring (bicyclic) bond motifs is 1. The lowest BCUT2D eigenvalue weighted by molar-refractivity contribution is 0.0499. The number of nitrogens with two attached hydrogens (primary N) is 1. The molecule has 0 radical (unpaired) electrons. The van der Waals surface area contributed by atoms with Crippen molar-refractivity contribution >= 4 is 17.1 Å². The molecule has 0 atom stereocenters. The normalized spacial score (nSPS) is 10.3. The van der Waals surface area contributed by atoms with Gasteiger partial charge in [-0.3, -0.25) is 14.3 Å². The van der Waals surface area contributed by atoms with Crippen molar-refractivity contribution < 1.29 is 14.9 Å². The SMILES string of the molecule is CCO.Nc1nc2c(ncn2COCCO)c(=O)[nH]1. The number of nitrogens with zero attached hydrogens (tertiary/aromatic N) is 3. The van der Waals surface area contributed by atoms with Crippen LogP contribution in [0.5, 0.6) is 0 Å². The second kappa shape index (κ2) is 7.46. The van der Waals surface area contributed by atoms with Crippen LogP contribution in [0.1, 0.15) is 6.92 Å². The number of aliphatic hydroxyl groups is 2. The minimum Gasteiger partial charge on any atom is -0.397 e. The predicted octanol–water partition coefficient (Wildman–Crippen LogP) is -1.33. The van der Waals surface area contributed by atoms with Crippen molar-refractivity contribution in [2.24, 2.45) is 0 Å². The van der Waals surface area contributed by atoms with Crippen LogP contribution in [-0.4, -0.2) is 49.6 Å². The van der Waals surface area contributed by atoms with Gasteiger partial charge in [-0.25, -0.2) is 4.98 Å². The number of imidazole rings is 1. The number of aliphatic hydroxyl groups excluding tert-OH is 2. The van der Waals surface area contributed by atoms with E-state index in [0.717, 1.165) is 0 Å². The molecule has 2 aromatic rings. The number of hydrogen-bond donors (Lipinski definition) is 4. The number of ether oxygens (including phenoxy) is 1. The maximum Gasteiger partial charge on any atom is 0.280 e. The number of nitrogens with one attached hydrogen (secondary N) is 1. The Bertz CT molecular complexity index is 565. The molecule has 0 unspecified atom stereocenters. The van der Waals surface area contributed by atoms with Crippen LogP contribution < -0.4 is 11.3 Å². The van der Waals surface area contributed by atoms with Gasteiger partial charge in [0, 0.05) is 6.61 Å². The van der Waals surface area contributed by atoms with Gasteiger partial charge in [0.1, 0.15) is 6.73 Å². The first-order valence-electron chi connectivity index (χ1n) is 5.64. The lowest BCUT2D eigenvalue weighted by Crippen LogP contribution is -2.13. The summed E-state index contributed by atoms with van der Waals surface area (Å²) in [5.74, 6) is 0.0291. The molecule has 0 aromatic carbocycles. The predicted molar refractivity (Wildman–Crippen MR) is 68.4 cm³/mol. The molecular weight excluding hydrogens is 254 g/mol. The van der Waals surface area contributed by atoms with Crippen LogP contribution in [0.15, 0.2) is 11.1 Å². The molecule has 0 spiro atoms. The second-order valence-electron chi connectivity index (χ2n) is 3.41. The largest absolute Gasteiger partial charge is 0.397 e. The first-order valence-corrected chi connectivity index (χ1v) is 5.64. The Morgan fingerprint density at radius 1 is 1.53 bits per heavy atom. The summed E-state index contributed by atoms with van der Waals surface area (Å²) in [4.78, 5) is 21.6. The summed E-state index contributed by atoms with van der Waals surface area (Å²) in [6.07, 6.45) is 1.43. The van der Waals surface area contributed by atoms with Gasteiger partial charge in [-0.2, -0.15) is 4.98 Å². The third kappa shape index (κ3) is 4.02. The molecule has 0 saturated carbocycles. The zero-order chi connectivity index (χ0) is 14.3. The van der Waals surface area contributed by atoms with Crippen molar-refractivity contribution in [3.8, 4) is 0 Å². The highest BCUT2D eigenvalue weighted by Crippen LogP contribution is 2.05. The highest BCUT2D eigenvalue weighted by Gasteiger charge is 2.08. The van der Waals surface area contributed by atoms with Crippen molar-refractivity contribution in [3.05, 3.63) is 16.7 Å². The molecule has 106 valence electrons. The number of nitrogen functional groups attached to an aromatic ring is 1. The number of hydrogen-bond acceptors (Lipinski definition) is 7. The zero-order valence-corrected chi connectivity index (χ0v) is 10.5. The summed E-state index contributed by atoms with van der Waals surface area (Å²) in [5, 5.41) is 16.1. The molecule has 5 N–H and O–H groups in total. The molecule has 9 nitrogen and oxygen atoms in total. The molecule has 9 heteroatoms. The average molecular weight is 271 g/mol. The molecule has 2 heterocycles. The molecule has 0 saturated heterocycles. The Kier molecular flexibility index (Phi) is 5.93. The number of H-pyrrole nitrogens is 1. The van der Waals surface area contributed by atoms with Gasteiger partial charge in [-0.1, -0.05) is 0 Å². The molecule has 0 aliphatic carbocycles. The summed E-state index contributed by atoms with van der Waals surface area (Å²) < 4.78 is 6.63. The van der Waals surface area contributed by atoms with E-state index in [-0.39, 0.29) is 43.6 Å². The fraction of sp³-hybridized carbons (Fsp3) is 0.500. The van der Waals surface area contributed by atoms with E-state index in [9.17, 15) is 4.79 Å².